The Kier molecular flexibility index (Phi) is 2.66. The molecule has 4 nitrogen and oxygen atoms in total. The lowest BCUT2D eigenvalue weighted by Gasteiger charge is -1.99. The van der Waals surface area contributed by atoms with Crippen LogP contribution in [0.1, 0.15) is 10.4 Å². The summed E-state index contributed by atoms with van der Waals surface area (Å²) in [6.07, 6.45) is 0. The van der Waals surface area contributed by atoms with Gasteiger partial charge in [0.1, 0.15) is 0 Å². The van der Waals surface area contributed by atoms with Gasteiger partial charge in [0.2, 0.25) is 0 Å². The van der Waals surface area contributed by atoms with E-state index >= 15 is 0 Å². The van der Waals surface area contributed by atoms with E-state index < -0.39 is 5.97 Å². The summed E-state index contributed by atoms with van der Waals surface area (Å²) in [6, 6.07) is 5.92. The Hall–Kier alpha value is -1.55. The molecular formula is C8H8O4. The third-order valence-corrected chi connectivity index (χ3v) is 1.28. The van der Waals surface area contributed by atoms with Crippen molar-refractivity contribution in [3.63, 3.8) is 0 Å². The molecule has 1 aromatic rings. The van der Waals surface area contributed by atoms with Crippen LogP contribution in [-0.4, -0.2) is 18.2 Å². The number of carboxylic acid groups (broad SMARTS) is 1. The van der Waals surface area contributed by atoms with Gasteiger partial charge in [0.05, 0.1) is 12.7 Å². The monoisotopic (exact) mass is 168 g/mol. The van der Waals surface area contributed by atoms with Crippen LogP contribution >= 0.6 is 0 Å². The fraction of sp³-hybridized carbons (Fsp3) is 0.125. The molecule has 0 aliphatic heterocycles. The van der Waals surface area contributed by atoms with E-state index in [-0.39, 0.29) is 5.56 Å². The lowest BCUT2D eigenvalue weighted by atomic mass is 10.2. The van der Waals surface area contributed by atoms with Crippen LogP contribution in [0.2, 0.25) is 0 Å². The van der Waals surface area contributed by atoms with Gasteiger partial charge in [-0.05, 0) is 24.3 Å². The van der Waals surface area contributed by atoms with Crippen LogP contribution in [0.15, 0.2) is 24.3 Å². The van der Waals surface area contributed by atoms with Gasteiger partial charge in [-0.25, -0.2) is 4.79 Å². The molecule has 0 radical (unpaired) electrons. The quantitative estimate of drug-likeness (QED) is 0.546. The van der Waals surface area contributed by atoms with Gasteiger partial charge in [-0.2, -0.15) is 4.89 Å². The molecule has 1 aromatic carbocycles. The molecule has 0 unspecified atom stereocenters. The molecule has 4 heteroatoms. The molecule has 0 atom stereocenters. The van der Waals surface area contributed by atoms with Gasteiger partial charge in [0.25, 0.3) is 0 Å². The van der Waals surface area contributed by atoms with Gasteiger partial charge in [-0.15, -0.1) is 0 Å². The largest absolute Gasteiger partial charge is 0.478 e. The van der Waals surface area contributed by atoms with Crippen molar-refractivity contribution in [1.29, 1.82) is 0 Å². The predicted octanol–water partition coefficient (Wildman–Crippen LogP) is 1.32. The Bertz CT molecular complexity index is 265. The standard InChI is InChI=1S/C8H8O4/c1-11-12-7-4-2-6(3-5-7)8(9)10/h2-5H,1H3,(H,9,10). The Morgan fingerprint density at radius 3 is 2.33 bits per heavy atom. The van der Waals surface area contributed by atoms with Gasteiger partial charge in [0.15, 0.2) is 5.75 Å². The zero-order valence-corrected chi connectivity index (χ0v) is 6.48. The fourth-order valence-corrected chi connectivity index (χ4v) is 0.749. The minimum absolute atomic E-state index is 0.221. The highest BCUT2D eigenvalue weighted by Crippen LogP contribution is 2.11. The summed E-state index contributed by atoms with van der Waals surface area (Å²) in [7, 11) is 1.38. The average molecular weight is 168 g/mol. The van der Waals surface area contributed by atoms with Crippen LogP contribution in [0.25, 0.3) is 0 Å². The SMILES string of the molecule is COOc1ccc(C(=O)O)cc1. The summed E-state index contributed by atoms with van der Waals surface area (Å²) in [5, 5.41) is 8.53. The maximum absolute atomic E-state index is 10.4. The number of carboxylic acids is 1. The first kappa shape index (κ1) is 8.55. The number of aromatic carboxylic acids is 1. The molecule has 0 amide bonds. The molecule has 0 fully saturated rings. The lowest BCUT2D eigenvalue weighted by Crippen LogP contribution is -1.96. The zero-order valence-electron chi connectivity index (χ0n) is 6.48. The van der Waals surface area contributed by atoms with Crippen LogP contribution < -0.4 is 4.89 Å². The molecule has 0 saturated carbocycles. The first-order valence-corrected chi connectivity index (χ1v) is 3.28. The minimum Gasteiger partial charge on any atom is -0.478 e. The molecule has 0 bridgehead atoms. The number of carbonyl (C=O) groups is 1. The van der Waals surface area contributed by atoms with Gasteiger partial charge in [0, 0.05) is 0 Å². The van der Waals surface area contributed by atoms with Crippen LogP contribution in [0.4, 0.5) is 0 Å². The van der Waals surface area contributed by atoms with Crippen molar-refractivity contribution >= 4 is 5.97 Å². The summed E-state index contributed by atoms with van der Waals surface area (Å²) >= 11 is 0. The Morgan fingerprint density at radius 1 is 1.33 bits per heavy atom. The van der Waals surface area contributed by atoms with E-state index in [1.807, 2.05) is 0 Å². The van der Waals surface area contributed by atoms with Gasteiger partial charge in [-0.1, -0.05) is 0 Å². The van der Waals surface area contributed by atoms with Crippen molar-refractivity contribution < 1.29 is 19.7 Å². The molecule has 0 aliphatic rings. The number of hydrogen-bond acceptors (Lipinski definition) is 3. The van der Waals surface area contributed by atoms with Crippen molar-refractivity contribution in [3.05, 3.63) is 29.8 Å². The number of hydrogen-bond donors (Lipinski definition) is 1. The highest BCUT2D eigenvalue weighted by molar-refractivity contribution is 5.87. The predicted molar refractivity (Wildman–Crippen MR) is 41.0 cm³/mol. The molecular weight excluding hydrogens is 160 g/mol. The van der Waals surface area contributed by atoms with Crippen LogP contribution in [0, 0.1) is 0 Å². The van der Waals surface area contributed by atoms with E-state index in [1.54, 1.807) is 0 Å². The van der Waals surface area contributed by atoms with E-state index in [2.05, 4.69) is 9.78 Å². The van der Waals surface area contributed by atoms with Crippen LogP contribution in [0.5, 0.6) is 5.75 Å². The smallest absolute Gasteiger partial charge is 0.335 e. The van der Waals surface area contributed by atoms with E-state index in [0.29, 0.717) is 5.75 Å². The van der Waals surface area contributed by atoms with Crippen molar-refractivity contribution in [1.82, 2.24) is 0 Å². The maximum Gasteiger partial charge on any atom is 0.335 e. The minimum atomic E-state index is -0.959. The molecule has 12 heavy (non-hydrogen) atoms. The van der Waals surface area contributed by atoms with Gasteiger partial charge >= 0.3 is 5.97 Å². The van der Waals surface area contributed by atoms with Gasteiger partial charge in [-0.3, -0.25) is 0 Å². The normalized spacial score (nSPS) is 9.42. The van der Waals surface area contributed by atoms with E-state index in [0.717, 1.165) is 0 Å². The third-order valence-electron chi connectivity index (χ3n) is 1.28. The van der Waals surface area contributed by atoms with E-state index in [1.165, 1.54) is 31.4 Å². The second-order valence-corrected chi connectivity index (χ2v) is 2.08. The second-order valence-electron chi connectivity index (χ2n) is 2.08. The van der Waals surface area contributed by atoms with Crippen molar-refractivity contribution in [3.8, 4) is 5.75 Å². The zero-order chi connectivity index (χ0) is 8.97. The lowest BCUT2D eigenvalue weighted by molar-refractivity contribution is -0.178. The molecule has 64 valence electrons. The average Bonchev–Trinajstić information content (AvgIpc) is 2.06. The highest BCUT2D eigenvalue weighted by atomic mass is 17.2. The van der Waals surface area contributed by atoms with Crippen molar-refractivity contribution in [2.45, 2.75) is 0 Å². The first-order valence-electron chi connectivity index (χ1n) is 3.28. The fourth-order valence-electron chi connectivity index (χ4n) is 0.749. The second kappa shape index (κ2) is 3.73. The first-order chi connectivity index (χ1) is 5.74. The summed E-state index contributed by atoms with van der Waals surface area (Å²) in [4.78, 5) is 19.4. The Morgan fingerprint density at radius 2 is 1.92 bits per heavy atom. The Balaban J connectivity index is 2.78. The summed E-state index contributed by atoms with van der Waals surface area (Å²) < 4.78 is 0. The molecule has 0 aliphatic carbocycles. The molecule has 0 heterocycles. The molecule has 1 rings (SSSR count). The van der Waals surface area contributed by atoms with Crippen LogP contribution in [0.3, 0.4) is 0 Å². The van der Waals surface area contributed by atoms with Gasteiger partial charge < -0.3 is 9.99 Å². The summed E-state index contributed by atoms with van der Waals surface area (Å²) in [6.45, 7) is 0. The van der Waals surface area contributed by atoms with Crippen molar-refractivity contribution in [2.24, 2.45) is 0 Å². The number of benzene rings is 1. The Labute approximate surface area is 69.3 Å². The van der Waals surface area contributed by atoms with E-state index in [4.69, 9.17) is 5.11 Å². The molecule has 0 saturated heterocycles. The van der Waals surface area contributed by atoms with Crippen LogP contribution in [-0.2, 0) is 4.89 Å². The molecule has 0 aromatic heterocycles. The van der Waals surface area contributed by atoms with Crippen molar-refractivity contribution in [2.75, 3.05) is 7.11 Å². The highest BCUT2D eigenvalue weighted by Gasteiger charge is 2.01. The van der Waals surface area contributed by atoms with E-state index in [9.17, 15) is 4.79 Å². The maximum atomic E-state index is 10.4. The summed E-state index contributed by atoms with van der Waals surface area (Å²) in [5.41, 5.74) is 0.221. The molecule has 1 N–H and O–H groups in total. The molecule has 0 spiro atoms. The third kappa shape index (κ3) is 1.96. The number of rotatable bonds is 3. The topological polar surface area (TPSA) is 55.8 Å². The summed E-state index contributed by atoms with van der Waals surface area (Å²) in [5.74, 6) is -0.485.